The molecular weight excluding hydrogens is 298 g/mol. The Balaban J connectivity index is 2.42. The first-order valence-corrected chi connectivity index (χ1v) is 11.5. The van der Waals surface area contributed by atoms with Gasteiger partial charge in [-0.2, -0.15) is 0 Å². The highest BCUT2D eigenvalue weighted by Crippen LogP contribution is 2.37. The molecule has 0 saturated heterocycles. The highest BCUT2D eigenvalue weighted by Gasteiger charge is 2.37. The van der Waals surface area contributed by atoms with Crippen molar-refractivity contribution in [2.75, 3.05) is 6.54 Å². The van der Waals surface area contributed by atoms with Crippen molar-refractivity contribution in [3.8, 4) is 0 Å². The zero-order valence-electron chi connectivity index (χ0n) is 13.3. The van der Waals surface area contributed by atoms with E-state index in [1.54, 1.807) is 0 Å². The van der Waals surface area contributed by atoms with Crippen molar-refractivity contribution >= 4 is 30.8 Å². The third kappa shape index (κ3) is 3.51. The molecule has 116 valence electrons. The summed E-state index contributed by atoms with van der Waals surface area (Å²) in [5.41, 5.74) is 1.49. The van der Waals surface area contributed by atoms with Crippen molar-refractivity contribution in [2.24, 2.45) is 0 Å². The van der Waals surface area contributed by atoms with Gasteiger partial charge in [0, 0.05) is 6.54 Å². The van der Waals surface area contributed by atoms with Crippen molar-refractivity contribution < 1.29 is 4.79 Å². The molecule has 0 bridgehead atoms. The Morgan fingerprint density at radius 1 is 1.29 bits per heavy atom. The fourth-order valence-corrected chi connectivity index (χ4v) is 7.63. The quantitative estimate of drug-likeness (QED) is 0.820. The summed E-state index contributed by atoms with van der Waals surface area (Å²) in [5, 5.41) is 4.74. The molecule has 0 heterocycles. The van der Waals surface area contributed by atoms with Gasteiger partial charge in [-0.3, -0.25) is 4.79 Å². The van der Waals surface area contributed by atoms with Gasteiger partial charge in [0.1, 0.15) is 0 Å². The topological polar surface area (TPSA) is 29.1 Å². The van der Waals surface area contributed by atoms with Crippen LogP contribution in [0.2, 0.25) is 23.7 Å². The minimum absolute atomic E-state index is 0.0190. The maximum absolute atomic E-state index is 12.4. The van der Waals surface area contributed by atoms with Crippen molar-refractivity contribution in [3.05, 3.63) is 28.8 Å². The van der Waals surface area contributed by atoms with E-state index in [1.165, 1.54) is 37.3 Å². The molecule has 1 saturated carbocycles. The molecule has 0 atom stereocenters. The Kier molecular flexibility index (Phi) is 5.50. The summed E-state index contributed by atoms with van der Waals surface area (Å²) in [6.45, 7) is 7.38. The lowest BCUT2D eigenvalue weighted by Crippen LogP contribution is -2.50. The Hall–Kier alpha value is -0.803. The number of carbonyl (C=O) groups excluding carboxylic acids is 1. The van der Waals surface area contributed by atoms with Crippen LogP contribution in [0.5, 0.6) is 0 Å². The van der Waals surface area contributed by atoms with Crippen LogP contribution in [0.1, 0.15) is 49.4 Å². The van der Waals surface area contributed by atoms with Crippen LogP contribution >= 0.6 is 11.6 Å². The second-order valence-electron chi connectivity index (χ2n) is 6.58. The first kappa shape index (κ1) is 16.6. The van der Waals surface area contributed by atoms with Crippen molar-refractivity contribution in [1.82, 2.24) is 5.32 Å². The van der Waals surface area contributed by atoms with E-state index in [-0.39, 0.29) is 5.91 Å². The predicted octanol–water partition coefficient (Wildman–Crippen LogP) is 4.34. The van der Waals surface area contributed by atoms with Crippen molar-refractivity contribution in [1.29, 1.82) is 0 Å². The van der Waals surface area contributed by atoms with Gasteiger partial charge in [-0.05, 0) is 23.7 Å². The molecule has 1 aliphatic rings. The smallest absolute Gasteiger partial charge is 0.252 e. The molecule has 4 heteroatoms. The van der Waals surface area contributed by atoms with E-state index < -0.39 is 8.07 Å². The van der Waals surface area contributed by atoms with E-state index in [1.807, 2.05) is 19.1 Å². The van der Waals surface area contributed by atoms with E-state index >= 15 is 0 Å². The van der Waals surface area contributed by atoms with Gasteiger partial charge in [-0.1, -0.05) is 68.9 Å². The fraction of sp³-hybridized carbons (Fsp3) is 0.588. The summed E-state index contributed by atoms with van der Waals surface area (Å²) < 4.78 is 0. The number of benzene rings is 1. The Labute approximate surface area is 134 Å². The number of carbonyl (C=O) groups is 1. The molecular formula is C17H26ClNOSi. The Morgan fingerprint density at radius 3 is 2.57 bits per heavy atom. The highest BCUT2D eigenvalue weighted by molar-refractivity contribution is 6.91. The summed E-state index contributed by atoms with van der Waals surface area (Å²) in [6, 6.07) is 5.97. The maximum atomic E-state index is 12.4. The standard InChI is InChI=1S/C17H26ClNOSi/c1-4-19-17(20)16-14(18)11-8-12-15(16)21(2,3)13-9-6-5-7-10-13/h8,11-13H,4-7,9-10H2,1-3H3,(H,19,20). The van der Waals surface area contributed by atoms with E-state index in [0.717, 1.165) is 11.1 Å². The number of nitrogens with one attached hydrogen (secondary N) is 1. The van der Waals surface area contributed by atoms with Crippen LogP contribution in [0.25, 0.3) is 0 Å². The molecule has 0 radical (unpaired) electrons. The number of amides is 1. The maximum Gasteiger partial charge on any atom is 0.252 e. The van der Waals surface area contributed by atoms with E-state index in [0.29, 0.717) is 11.6 Å². The first-order chi connectivity index (χ1) is 9.98. The van der Waals surface area contributed by atoms with Crippen molar-refractivity contribution in [2.45, 2.75) is 57.7 Å². The largest absolute Gasteiger partial charge is 0.352 e. The molecule has 0 aromatic heterocycles. The number of hydrogen-bond acceptors (Lipinski definition) is 1. The number of hydrogen-bond donors (Lipinski definition) is 1. The summed E-state index contributed by atoms with van der Waals surface area (Å²) in [4.78, 5) is 12.4. The average Bonchev–Trinajstić information content (AvgIpc) is 2.48. The van der Waals surface area contributed by atoms with E-state index in [9.17, 15) is 4.79 Å². The zero-order chi connectivity index (χ0) is 15.5. The predicted molar refractivity (Wildman–Crippen MR) is 93.4 cm³/mol. The second kappa shape index (κ2) is 6.97. The third-order valence-electron chi connectivity index (χ3n) is 4.90. The molecule has 0 aliphatic heterocycles. The van der Waals surface area contributed by atoms with Gasteiger partial charge in [0.2, 0.25) is 0 Å². The molecule has 0 spiro atoms. The molecule has 21 heavy (non-hydrogen) atoms. The van der Waals surface area contributed by atoms with Gasteiger partial charge in [0.15, 0.2) is 0 Å². The minimum Gasteiger partial charge on any atom is -0.352 e. The molecule has 1 aliphatic carbocycles. The Morgan fingerprint density at radius 2 is 1.95 bits per heavy atom. The lowest BCUT2D eigenvalue weighted by Gasteiger charge is -2.37. The summed E-state index contributed by atoms with van der Waals surface area (Å²) in [7, 11) is -1.69. The minimum atomic E-state index is -1.69. The molecule has 2 nitrogen and oxygen atoms in total. The van der Waals surface area contributed by atoms with Gasteiger partial charge >= 0.3 is 0 Å². The van der Waals surface area contributed by atoms with Crippen LogP contribution in [0.15, 0.2) is 18.2 Å². The highest BCUT2D eigenvalue weighted by atomic mass is 35.5. The van der Waals surface area contributed by atoms with Gasteiger partial charge in [0.05, 0.1) is 18.7 Å². The summed E-state index contributed by atoms with van der Waals surface area (Å²) in [5.74, 6) is -0.0190. The monoisotopic (exact) mass is 323 g/mol. The van der Waals surface area contributed by atoms with Gasteiger partial charge < -0.3 is 5.32 Å². The van der Waals surface area contributed by atoms with Crippen LogP contribution in [0.4, 0.5) is 0 Å². The lowest BCUT2D eigenvalue weighted by atomic mass is 10.0. The van der Waals surface area contributed by atoms with Gasteiger partial charge in [-0.25, -0.2) is 0 Å². The molecule has 1 fully saturated rings. The summed E-state index contributed by atoms with van der Waals surface area (Å²) in [6.07, 6.45) is 6.64. The normalized spacial score (nSPS) is 16.8. The number of halogens is 1. The van der Waals surface area contributed by atoms with Crippen LogP contribution < -0.4 is 10.5 Å². The van der Waals surface area contributed by atoms with Crippen molar-refractivity contribution in [3.63, 3.8) is 0 Å². The molecule has 1 aromatic carbocycles. The lowest BCUT2D eigenvalue weighted by molar-refractivity contribution is 0.0957. The number of rotatable bonds is 4. The molecule has 1 N–H and O–H groups in total. The van der Waals surface area contributed by atoms with Gasteiger partial charge in [-0.15, -0.1) is 0 Å². The van der Waals surface area contributed by atoms with Crippen LogP contribution in [-0.4, -0.2) is 20.5 Å². The molecule has 1 aromatic rings. The van der Waals surface area contributed by atoms with Crippen LogP contribution in [-0.2, 0) is 0 Å². The fourth-order valence-electron chi connectivity index (χ4n) is 3.58. The molecule has 2 rings (SSSR count). The third-order valence-corrected chi connectivity index (χ3v) is 9.64. The first-order valence-electron chi connectivity index (χ1n) is 8.05. The average molecular weight is 324 g/mol. The SMILES string of the molecule is CCNC(=O)c1c(Cl)cccc1[Si](C)(C)C1CCCCC1. The van der Waals surface area contributed by atoms with E-state index in [2.05, 4.69) is 24.5 Å². The second-order valence-corrected chi connectivity index (χ2v) is 11.8. The molecule has 0 unspecified atom stereocenters. The van der Waals surface area contributed by atoms with E-state index in [4.69, 9.17) is 11.6 Å². The summed E-state index contributed by atoms with van der Waals surface area (Å²) >= 11 is 6.37. The van der Waals surface area contributed by atoms with Crippen LogP contribution in [0.3, 0.4) is 0 Å². The molecule has 1 amide bonds. The zero-order valence-corrected chi connectivity index (χ0v) is 15.1. The van der Waals surface area contributed by atoms with Gasteiger partial charge in [0.25, 0.3) is 5.91 Å². The Bertz CT molecular complexity index is 510. The van der Waals surface area contributed by atoms with Crippen LogP contribution in [0, 0.1) is 0 Å².